The number of sulfonamides is 1. The Labute approximate surface area is 164 Å². The van der Waals surface area contributed by atoms with Crippen molar-refractivity contribution < 1.29 is 8.42 Å². The van der Waals surface area contributed by atoms with Crippen LogP contribution in [0.2, 0.25) is 0 Å². The number of anilines is 1. The van der Waals surface area contributed by atoms with Gasteiger partial charge in [-0.2, -0.15) is 5.10 Å². The highest BCUT2D eigenvalue weighted by molar-refractivity contribution is 7.89. The average Bonchev–Trinajstić information content (AvgIpc) is 3.40. The molecule has 0 amide bonds. The molecule has 0 unspecified atom stereocenters. The first-order chi connectivity index (χ1) is 13.5. The van der Waals surface area contributed by atoms with Crippen molar-refractivity contribution in [2.45, 2.75) is 31.2 Å². The Morgan fingerprint density at radius 2 is 1.86 bits per heavy atom. The number of aryl methyl sites for hydroxylation is 1. The van der Waals surface area contributed by atoms with Crippen LogP contribution in [0.5, 0.6) is 0 Å². The van der Waals surface area contributed by atoms with Crippen LogP contribution in [0.1, 0.15) is 24.2 Å². The van der Waals surface area contributed by atoms with Crippen LogP contribution in [0, 0.1) is 6.92 Å². The zero-order valence-corrected chi connectivity index (χ0v) is 16.4. The van der Waals surface area contributed by atoms with Gasteiger partial charge in [0.1, 0.15) is 0 Å². The fraction of sp³-hybridized carbons (Fsp3) is 0.316. The molecule has 0 atom stereocenters. The van der Waals surface area contributed by atoms with Crippen molar-refractivity contribution in [1.29, 1.82) is 0 Å². The van der Waals surface area contributed by atoms with Gasteiger partial charge in [0.05, 0.1) is 22.8 Å². The highest BCUT2D eigenvalue weighted by Gasteiger charge is 2.18. The molecular weight excluding hydrogens is 376 g/mol. The normalized spacial score (nSPS) is 14.5. The molecule has 3 aromatic rings. The van der Waals surface area contributed by atoms with E-state index >= 15 is 0 Å². The first-order valence-electron chi connectivity index (χ1n) is 9.20. The number of rotatable bonds is 6. The molecule has 1 aliphatic heterocycles. The molecule has 1 saturated heterocycles. The third kappa shape index (κ3) is 4.05. The topological polar surface area (TPSA) is 93.0 Å². The van der Waals surface area contributed by atoms with E-state index < -0.39 is 10.0 Å². The monoisotopic (exact) mass is 398 g/mol. The molecule has 9 heteroatoms. The van der Waals surface area contributed by atoms with Crippen molar-refractivity contribution in [3.63, 3.8) is 0 Å². The van der Waals surface area contributed by atoms with E-state index in [-0.39, 0.29) is 11.4 Å². The van der Waals surface area contributed by atoms with E-state index in [2.05, 4.69) is 24.7 Å². The largest absolute Gasteiger partial charge is 0.341 e. The van der Waals surface area contributed by atoms with Crippen molar-refractivity contribution in [3.8, 4) is 5.69 Å². The quantitative estimate of drug-likeness (QED) is 0.683. The van der Waals surface area contributed by atoms with Gasteiger partial charge in [-0.25, -0.2) is 27.8 Å². The van der Waals surface area contributed by atoms with Crippen LogP contribution in [0.15, 0.2) is 53.7 Å². The van der Waals surface area contributed by atoms with Gasteiger partial charge in [0, 0.05) is 31.2 Å². The summed E-state index contributed by atoms with van der Waals surface area (Å²) in [5.74, 6) is 0.676. The fourth-order valence-electron chi connectivity index (χ4n) is 3.22. The van der Waals surface area contributed by atoms with Crippen molar-refractivity contribution >= 4 is 16.0 Å². The zero-order valence-electron chi connectivity index (χ0n) is 15.6. The first-order valence-corrected chi connectivity index (χ1v) is 10.7. The van der Waals surface area contributed by atoms with E-state index in [1.54, 1.807) is 41.3 Å². The fourth-order valence-corrected chi connectivity index (χ4v) is 4.22. The van der Waals surface area contributed by atoms with Crippen molar-refractivity contribution in [2.75, 3.05) is 18.0 Å². The Morgan fingerprint density at radius 1 is 1.11 bits per heavy atom. The maximum Gasteiger partial charge on any atom is 0.240 e. The molecule has 28 heavy (non-hydrogen) atoms. The lowest BCUT2D eigenvalue weighted by atomic mass is 10.3. The van der Waals surface area contributed by atoms with Crippen molar-refractivity contribution in [1.82, 2.24) is 24.5 Å². The smallest absolute Gasteiger partial charge is 0.240 e. The molecule has 0 saturated carbocycles. The molecule has 0 aliphatic carbocycles. The zero-order chi connectivity index (χ0) is 19.6. The number of hydrogen-bond donors (Lipinski definition) is 1. The van der Waals surface area contributed by atoms with Crippen LogP contribution in [-0.2, 0) is 16.6 Å². The molecule has 0 radical (unpaired) electrons. The van der Waals surface area contributed by atoms with Gasteiger partial charge in [-0.1, -0.05) is 0 Å². The lowest BCUT2D eigenvalue weighted by Gasteiger charge is -2.16. The minimum Gasteiger partial charge on any atom is -0.341 e. The second-order valence-electron chi connectivity index (χ2n) is 6.76. The maximum atomic E-state index is 12.6. The van der Waals surface area contributed by atoms with Crippen LogP contribution in [0.4, 0.5) is 5.95 Å². The summed E-state index contributed by atoms with van der Waals surface area (Å²) in [6.45, 7) is 3.90. The van der Waals surface area contributed by atoms with Crippen molar-refractivity contribution in [3.05, 3.63) is 60.2 Å². The molecule has 1 aliphatic rings. The standard InChI is InChI=1S/C19H22N6O2S/c1-15-13-16(23-19(22-15)24-10-2-3-11-24)14-21-28(26,27)18-7-5-17(6-8-18)25-12-4-9-20-25/h4-9,12-13,21H,2-3,10-11,14H2,1H3. The molecule has 8 nitrogen and oxygen atoms in total. The Kier molecular flexibility index (Phi) is 5.10. The number of hydrogen-bond acceptors (Lipinski definition) is 6. The summed E-state index contributed by atoms with van der Waals surface area (Å²) in [6.07, 6.45) is 5.74. The number of nitrogens with zero attached hydrogens (tertiary/aromatic N) is 5. The summed E-state index contributed by atoms with van der Waals surface area (Å²) in [5, 5.41) is 4.14. The molecule has 1 aromatic carbocycles. The summed E-state index contributed by atoms with van der Waals surface area (Å²) >= 11 is 0. The molecule has 3 heterocycles. The van der Waals surface area contributed by atoms with Gasteiger partial charge < -0.3 is 4.90 Å². The van der Waals surface area contributed by atoms with Crippen LogP contribution < -0.4 is 9.62 Å². The summed E-state index contributed by atoms with van der Waals surface area (Å²) in [4.78, 5) is 11.4. The van der Waals surface area contributed by atoms with Gasteiger partial charge in [0.25, 0.3) is 0 Å². The van der Waals surface area contributed by atoms with Crippen LogP contribution in [0.25, 0.3) is 5.69 Å². The lowest BCUT2D eigenvalue weighted by Crippen LogP contribution is -2.25. The predicted molar refractivity (Wildman–Crippen MR) is 106 cm³/mol. The summed E-state index contributed by atoms with van der Waals surface area (Å²) in [6, 6.07) is 10.2. The van der Waals surface area contributed by atoms with Gasteiger partial charge in [-0.15, -0.1) is 0 Å². The Balaban J connectivity index is 1.48. The molecule has 1 fully saturated rings. The van der Waals surface area contributed by atoms with Gasteiger partial charge in [0.2, 0.25) is 16.0 Å². The average molecular weight is 398 g/mol. The molecule has 0 bridgehead atoms. The number of benzene rings is 1. The van der Waals surface area contributed by atoms with Gasteiger partial charge >= 0.3 is 0 Å². The van der Waals surface area contributed by atoms with E-state index in [1.807, 2.05) is 19.1 Å². The number of aromatic nitrogens is 4. The molecular formula is C19H22N6O2S. The predicted octanol–water partition coefficient (Wildman–Crippen LogP) is 2.05. The molecule has 2 aromatic heterocycles. The van der Waals surface area contributed by atoms with Crippen LogP contribution >= 0.6 is 0 Å². The lowest BCUT2D eigenvalue weighted by molar-refractivity contribution is 0.580. The highest BCUT2D eigenvalue weighted by atomic mass is 32.2. The molecule has 146 valence electrons. The van der Waals surface area contributed by atoms with Gasteiger partial charge in [-0.3, -0.25) is 0 Å². The Bertz CT molecular complexity index is 1040. The molecule has 0 spiro atoms. The van der Waals surface area contributed by atoms with E-state index in [4.69, 9.17) is 0 Å². The maximum absolute atomic E-state index is 12.6. The number of nitrogens with one attached hydrogen (secondary N) is 1. The second kappa shape index (κ2) is 7.69. The highest BCUT2D eigenvalue weighted by Crippen LogP contribution is 2.17. The summed E-state index contributed by atoms with van der Waals surface area (Å²) in [7, 11) is -3.64. The van der Waals surface area contributed by atoms with E-state index in [0.29, 0.717) is 11.6 Å². The van der Waals surface area contributed by atoms with E-state index in [0.717, 1.165) is 37.3 Å². The third-order valence-electron chi connectivity index (χ3n) is 4.64. The Morgan fingerprint density at radius 3 is 2.54 bits per heavy atom. The second-order valence-corrected chi connectivity index (χ2v) is 8.53. The van der Waals surface area contributed by atoms with Crippen molar-refractivity contribution in [2.24, 2.45) is 0 Å². The minimum atomic E-state index is -3.64. The van der Waals surface area contributed by atoms with E-state index in [1.165, 1.54) is 0 Å². The first kappa shape index (κ1) is 18.6. The van der Waals surface area contributed by atoms with Gasteiger partial charge in [0.15, 0.2) is 0 Å². The van der Waals surface area contributed by atoms with Gasteiger partial charge in [-0.05, 0) is 56.2 Å². The van der Waals surface area contributed by atoms with E-state index in [9.17, 15) is 8.42 Å². The Hall–Kier alpha value is -2.78. The van der Waals surface area contributed by atoms with Crippen LogP contribution in [-0.4, -0.2) is 41.3 Å². The third-order valence-corrected chi connectivity index (χ3v) is 6.06. The molecule has 1 N–H and O–H groups in total. The van der Waals surface area contributed by atoms with Crippen LogP contribution in [0.3, 0.4) is 0 Å². The molecule has 4 rings (SSSR count). The SMILES string of the molecule is Cc1cc(CNS(=O)(=O)c2ccc(-n3cccn3)cc2)nc(N2CCCC2)n1. The summed E-state index contributed by atoms with van der Waals surface area (Å²) in [5.41, 5.74) is 2.28. The summed E-state index contributed by atoms with van der Waals surface area (Å²) < 4.78 is 29.6. The minimum absolute atomic E-state index is 0.118.